The summed E-state index contributed by atoms with van der Waals surface area (Å²) in [6.45, 7) is 5.95. The lowest BCUT2D eigenvalue weighted by Gasteiger charge is -2.24. The Morgan fingerprint density at radius 2 is 2.10 bits per heavy atom. The molecule has 0 aliphatic carbocycles. The molecular formula is C17H28N2O2. The quantitative estimate of drug-likeness (QED) is 0.670. The fraction of sp³-hybridized carbons (Fsp3) is 0.647. The smallest absolute Gasteiger partial charge is 0.119 e. The van der Waals surface area contributed by atoms with E-state index in [1.165, 1.54) is 19.4 Å². The first-order chi connectivity index (χ1) is 10.4. The first-order valence-corrected chi connectivity index (χ1v) is 8.01. The van der Waals surface area contributed by atoms with Gasteiger partial charge in [0.2, 0.25) is 0 Å². The lowest BCUT2D eigenvalue weighted by Crippen LogP contribution is -2.39. The molecule has 1 aromatic rings. The Morgan fingerprint density at radius 3 is 2.90 bits per heavy atom. The molecule has 0 saturated carbocycles. The molecule has 1 aromatic carbocycles. The van der Waals surface area contributed by atoms with Gasteiger partial charge in [-0.2, -0.15) is 0 Å². The minimum Gasteiger partial charge on any atom is -0.494 e. The van der Waals surface area contributed by atoms with Gasteiger partial charge in [-0.1, -0.05) is 18.2 Å². The summed E-state index contributed by atoms with van der Waals surface area (Å²) in [7, 11) is 1.75. The molecule has 21 heavy (non-hydrogen) atoms. The van der Waals surface area contributed by atoms with E-state index in [0.717, 1.165) is 45.0 Å². The van der Waals surface area contributed by atoms with Crippen LogP contribution in [0.3, 0.4) is 0 Å². The van der Waals surface area contributed by atoms with Crippen LogP contribution in [-0.2, 0) is 4.74 Å². The molecule has 1 aliphatic heterocycles. The maximum absolute atomic E-state index is 5.76. The second-order valence-electron chi connectivity index (χ2n) is 5.54. The molecule has 1 unspecified atom stereocenters. The lowest BCUT2D eigenvalue weighted by atomic mass is 10.2. The van der Waals surface area contributed by atoms with Crippen molar-refractivity contribution in [2.24, 2.45) is 0 Å². The van der Waals surface area contributed by atoms with Gasteiger partial charge >= 0.3 is 0 Å². The predicted octanol–water partition coefficient (Wildman–Crippen LogP) is 2.16. The van der Waals surface area contributed by atoms with Gasteiger partial charge in [-0.05, 0) is 37.9 Å². The van der Waals surface area contributed by atoms with Crippen LogP contribution in [0.4, 0.5) is 0 Å². The van der Waals surface area contributed by atoms with Gasteiger partial charge in [0.15, 0.2) is 0 Å². The molecule has 2 rings (SSSR count). The second kappa shape index (κ2) is 9.77. The van der Waals surface area contributed by atoms with E-state index < -0.39 is 0 Å². The summed E-state index contributed by atoms with van der Waals surface area (Å²) < 4.78 is 10.8. The highest BCUT2D eigenvalue weighted by atomic mass is 16.5. The molecule has 1 saturated heterocycles. The molecule has 0 spiro atoms. The highest BCUT2D eigenvalue weighted by molar-refractivity contribution is 5.20. The van der Waals surface area contributed by atoms with Gasteiger partial charge < -0.3 is 14.8 Å². The first-order valence-electron chi connectivity index (χ1n) is 8.01. The molecule has 4 nitrogen and oxygen atoms in total. The molecule has 1 aliphatic rings. The third-order valence-corrected chi connectivity index (χ3v) is 3.96. The number of nitrogens with one attached hydrogen (secondary N) is 1. The van der Waals surface area contributed by atoms with E-state index in [2.05, 4.69) is 10.2 Å². The number of hydrogen-bond acceptors (Lipinski definition) is 4. The van der Waals surface area contributed by atoms with Gasteiger partial charge in [0.05, 0.1) is 13.2 Å². The van der Waals surface area contributed by atoms with Gasteiger partial charge in [0, 0.05) is 32.8 Å². The van der Waals surface area contributed by atoms with Crippen molar-refractivity contribution in [1.29, 1.82) is 0 Å². The molecule has 0 aromatic heterocycles. The summed E-state index contributed by atoms with van der Waals surface area (Å²) >= 11 is 0. The molecule has 118 valence electrons. The number of rotatable bonds is 10. The Labute approximate surface area is 128 Å². The van der Waals surface area contributed by atoms with Crippen LogP contribution in [0.2, 0.25) is 0 Å². The zero-order chi connectivity index (χ0) is 14.8. The maximum atomic E-state index is 5.76. The molecule has 1 heterocycles. The van der Waals surface area contributed by atoms with Crippen LogP contribution in [0, 0.1) is 0 Å². The fourth-order valence-electron chi connectivity index (χ4n) is 2.84. The normalized spacial score (nSPS) is 19.0. The predicted molar refractivity (Wildman–Crippen MR) is 85.9 cm³/mol. The van der Waals surface area contributed by atoms with Crippen molar-refractivity contribution in [2.75, 3.05) is 46.5 Å². The molecular weight excluding hydrogens is 264 g/mol. The van der Waals surface area contributed by atoms with E-state index in [-0.39, 0.29) is 0 Å². The fourth-order valence-corrected chi connectivity index (χ4v) is 2.84. The van der Waals surface area contributed by atoms with Crippen LogP contribution in [0.1, 0.15) is 19.3 Å². The third-order valence-electron chi connectivity index (χ3n) is 3.96. The molecule has 1 atom stereocenters. The molecule has 1 fully saturated rings. The summed E-state index contributed by atoms with van der Waals surface area (Å²) in [6, 6.07) is 10.7. The van der Waals surface area contributed by atoms with E-state index in [9.17, 15) is 0 Å². The summed E-state index contributed by atoms with van der Waals surface area (Å²) in [5, 5.41) is 3.48. The Hall–Kier alpha value is -1.10. The molecule has 0 bridgehead atoms. The number of ether oxygens (including phenoxy) is 2. The summed E-state index contributed by atoms with van der Waals surface area (Å²) in [5.41, 5.74) is 0. The number of nitrogens with zero attached hydrogens (tertiary/aromatic N) is 1. The molecule has 0 amide bonds. The Balaban J connectivity index is 1.58. The lowest BCUT2D eigenvalue weighted by molar-refractivity contribution is 0.188. The minimum absolute atomic E-state index is 0.679. The van der Waals surface area contributed by atoms with Crippen LogP contribution >= 0.6 is 0 Å². The van der Waals surface area contributed by atoms with Gasteiger partial charge in [-0.25, -0.2) is 0 Å². The number of hydrogen-bond donors (Lipinski definition) is 1. The Morgan fingerprint density at radius 1 is 1.24 bits per heavy atom. The highest BCUT2D eigenvalue weighted by Crippen LogP contribution is 2.17. The van der Waals surface area contributed by atoms with Crippen molar-refractivity contribution in [2.45, 2.75) is 25.3 Å². The van der Waals surface area contributed by atoms with Gasteiger partial charge in [0.25, 0.3) is 0 Å². The SMILES string of the molecule is COCCNCC1CCCN1CCCOc1ccccc1. The van der Waals surface area contributed by atoms with Gasteiger partial charge in [0.1, 0.15) is 5.75 Å². The van der Waals surface area contributed by atoms with E-state index in [1.54, 1.807) is 7.11 Å². The van der Waals surface area contributed by atoms with E-state index in [0.29, 0.717) is 6.04 Å². The van der Waals surface area contributed by atoms with Crippen LogP contribution in [0.15, 0.2) is 30.3 Å². The highest BCUT2D eigenvalue weighted by Gasteiger charge is 2.23. The minimum atomic E-state index is 0.679. The zero-order valence-corrected chi connectivity index (χ0v) is 13.1. The van der Waals surface area contributed by atoms with Gasteiger partial charge in [-0.15, -0.1) is 0 Å². The first kappa shape index (κ1) is 16.3. The Bertz CT molecular complexity index is 372. The topological polar surface area (TPSA) is 33.7 Å². The van der Waals surface area contributed by atoms with Crippen LogP contribution in [0.5, 0.6) is 5.75 Å². The molecule has 1 N–H and O–H groups in total. The summed E-state index contributed by atoms with van der Waals surface area (Å²) in [6.07, 6.45) is 3.71. The second-order valence-corrected chi connectivity index (χ2v) is 5.54. The van der Waals surface area contributed by atoms with Gasteiger partial charge in [-0.3, -0.25) is 4.90 Å². The van der Waals surface area contributed by atoms with Crippen LogP contribution in [-0.4, -0.2) is 57.4 Å². The van der Waals surface area contributed by atoms with E-state index in [4.69, 9.17) is 9.47 Å². The van der Waals surface area contributed by atoms with Crippen molar-refractivity contribution in [3.63, 3.8) is 0 Å². The largest absolute Gasteiger partial charge is 0.494 e. The zero-order valence-electron chi connectivity index (χ0n) is 13.1. The standard InChI is InChI=1S/C17H28N2O2/c1-20-14-10-18-15-16-7-5-11-19(16)12-6-13-21-17-8-3-2-4-9-17/h2-4,8-9,16,18H,5-7,10-15H2,1H3. The Kier molecular flexibility index (Phi) is 7.57. The summed E-state index contributed by atoms with van der Waals surface area (Å²) in [5.74, 6) is 0.969. The van der Waals surface area contributed by atoms with E-state index in [1.807, 2.05) is 30.3 Å². The maximum Gasteiger partial charge on any atom is 0.119 e. The van der Waals surface area contributed by atoms with Crippen molar-refractivity contribution in [3.05, 3.63) is 30.3 Å². The number of para-hydroxylation sites is 1. The van der Waals surface area contributed by atoms with Crippen molar-refractivity contribution >= 4 is 0 Å². The van der Waals surface area contributed by atoms with Crippen LogP contribution < -0.4 is 10.1 Å². The van der Waals surface area contributed by atoms with Crippen LogP contribution in [0.25, 0.3) is 0 Å². The monoisotopic (exact) mass is 292 g/mol. The third kappa shape index (κ3) is 6.04. The van der Waals surface area contributed by atoms with Crippen molar-refractivity contribution < 1.29 is 9.47 Å². The van der Waals surface area contributed by atoms with Crippen molar-refractivity contribution in [1.82, 2.24) is 10.2 Å². The van der Waals surface area contributed by atoms with E-state index >= 15 is 0 Å². The number of benzene rings is 1. The molecule has 0 radical (unpaired) electrons. The number of methoxy groups -OCH3 is 1. The van der Waals surface area contributed by atoms with Crippen molar-refractivity contribution in [3.8, 4) is 5.75 Å². The molecule has 4 heteroatoms. The average molecular weight is 292 g/mol. The number of likely N-dealkylation sites (tertiary alicyclic amines) is 1. The summed E-state index contributed by atoms with van der Waals surface area (Å²) in [4.78, 5) is 2.59. The average Bonchev–Trinajstić information content (AvgIpc) is 2.97.